The first-order chi connectivity index (χ1) is 14.6. The second kappa shape index (κ2) is 8.57. The molecule has 3 aromatic rings. The van der Waals surface area contributed by atoms with E-state index in [1.807, 2.05) is 66.7 Å². The Bertz CT molecular complexity index is 1110. The van der Waals surface area contributed by atoms with Crippen LogP contribution in [0.5, 0.6) is 0 Å². The number of rotatable bonds is 6. The lowest BCUT2D eigenvalue weighted by Gasteiger charge is -2.26. The molecule has 1 N–H and O–H groups in total. The summed E-state index contributed by atoms with van der Waals surface area (Å²) in [6.45, 7) is 0.232. The highest BCUT2D eigenvalue weighted by Gasteiger charge is 2.42. The van der Waals surface area contributed by atoms with Gasteiger partial charge in [-0.1, -0.05) is 72.8 Å². The highest BCUT2D eigenvalue weighted by molar-refractivity contribution is 6.14. The van der Waals surface area contributed by atoms with Crippen molar-refractivity contribution in [1.29, 1.82) is 0 Å². The van der Waals surface area contributed by atoms with Gasteiger partial charge in [0.15, 0.2) is 11.5 Å². The van der Waals surface area contributed by atoms with E-state index < -0.39 is 23.5 Å². The average molecular weight is 396 g/mol. The van der Waals surface area contributed by atoms with E-state index in [0.717, 1.165) is 16.7 Å². The third-order valence-electron chi connectivity index (χ3n) is 4.99. The average Bonchev–Trinajstić information content (AvgIpc) is 3.04. The molecule has 1 aliphatic heterocycles. The predicted octanol–water partition coefficient (Wildman–Crippen LogP) is 4.26. The van der Waals surface area contributed by atoms with E-state index in [-0.39, 0.29) is 12.1 Å². The van der Waals surface area contributed by atoms with Crippen molar-refractivity contribution in [1.82, 2.24) is 9.88 Å². The summed E-state index contributed by atoms with van der Waals surface area (Å²) in [5, 5.41) is 10.6. The molecule has 1 unspecified atom stereocenters. The van der Waals surface area contributed by atoms with Crippen LogP contribution in [0.1, 0.15) is 22.7 Å². The third-order valence-corrected chi connectivity index (χ3v) is 4.99. The second-order valence-corrected chi connectivity index (χ2v) is 6.98. The Morgan fingerprint density at radius 3 is 2.37 bits per heavy atom. The fraction of sp³-hybridized carbons (Fsp3) is 0.0800. The minimum atomic E-state index is -0.674. The molecule has 0 radical (unpaired) electrons. The summed E-state index contributed by atoms with van der Waals surface area (Å²) in [6, 6.07) is 21.6. The van der Waals surface area contributed by atoms with Crippen LogP contribution in [0, 0.1) is 0 Å². The van der Waals surface area contributed by atoms with Gasteiger partial charge in [0.25, 0.3) is 5.91 Å². The molecule has 30 heavy (non-hydrogen) atoms. The Balaban J connectivity index is 1.70. The number of aliphatic hydroxyl groups is 1. The maximum Gasteiger partial charge on any atom is 0.290 e. The van der Waals surface area contributed by atoms with Gasteiger partial charge in [0.2, 0.25) is 0 Å². The number of allylic oxidation sites excluding steroid dienone is 1. The molecule has 0 saturated carbocycles. The van der Waals surface area contributed by atoms with Crippen molar-refractivity contribution in [2.45, 2.75) is 12.6 Å². The number of aliphatic hydroxyl groups excluding tert-OH is 1. The van der Waals surface area contributed by atoms with Crippen molar-refractivity contribution >= 4 is 17.8 Å². The molecule has 0 saturated heterocycles. The fourth-order valence-corrected chi connectivity index (χ4v) is 3.56. The lowest BCUT2D eigenvalue weighted by Crippen LogP contribution is -2.30. The largest absolute Gasteiger partial charge is 0.503 e. The maximum absolute atomic E-state index is 13.1. The van der Waals surface area contributed by atoms with E-state index in [9.17, 15) is 14.7 Å². The summed E-state index contributed by atoms with van der Waals surface area (Å²) in [7, 11) is 0. The molecule has 1 atom stereocenters. The number of carbonyl (C=O) groups excluding carboxylic acids is 2. The topological polar surface area (TPSA) is 70.5 Å². The van der Waals surface area contributed by atoms with Gasteiger partial charge >= 0.3 is 0 Å². The quantitative estimate of drug-likeness (QED) is 0.632. The van der Waals surface area contributed by atoms with Crippen LogP contribution in [-0.4, -0.2) is 26.7 Å². The zero-order valence-electron chi connectivity index (χ0n) is 16.2. The van der Waals surface area contributed by atoms with Crippen LogP contribution in [-0.2, 0) is 16.1 Å². The van der Waals surface area contributed by atoms with Crippen molar-refractivity contribution in [2.75, 3.05) is 0 Å². The molecule has 1 aromatic heterocycles. The summed E-state index contributed by atoms with van der Waals surface area (Å²) in [5.41, 5.74) is 2.52. The molecule has 5 nitrogen and oxygen atoms in total. The number of nitrogens with zero attached hydrogens (tertiary/aromatic N) is 2. The van der Waals surface area contributed by atoms with Crippen molar-refractivity contribution in [2.24, 2.45) is 0 Å². The zero-order valence-corrected chi connectivity index (χ0v) is 16.2. The SMILES string of the molecule is O=C(/C=C/c1ccccc1)C1=C(O)C(=O)N(Cc2cccnc2)C1c1ccccc1. The summed E-state index contributed by atoms with van der Waals surface area (Å²) in [5.74, 6) is -1.47. The van der Waals surface area contributed by atoms with Crippen LogP contribution in [0.4, 0.5) is 0 Å². The van der Waals surface area contributed by atoms with Crippen LogP contribution in [0.3, 0.4) is 0 Å². The van der Waals surface area contributed by atoms with Gasteiger partial charge in [-0.3, -0.25) is 14.6 Å². The van der Waals surface area contributed by atoms with Crippen molar-refractivity contribution < 1.29 is 14.7 Å². The van der Waals surface area contributed by atoms with Gasteiger partial charge in [0, 0.05) is 18.9 Å². The molecular weight excluding hydrogens is 376 g/mol. The minimum Gasteiger partial charge on any atom is -0.503 e. The van der Waals surface area contributed by atoms with Gasteiger partial charge in [0.05, 0.1) is 11.6 Å². The molecule has 4 rings (SSSR count). The summed E-state index contributed by atoms with van der Waals surface area (Å²) in [6.07, 6.45) is 6.40. The number of benzene rings is 2. The van der Waals surface area contributed by atoms with E-state index >= 15 is 0 Å². The molecular formula is C25H20N2O3. The fourth-order valence-electron chi connectivity index (χ4n) is 3.56. The van der Waals surface area contributed by atoms with Crippen LogP contribution in [0.25, 0.3) is 6.08 Å². The highest BCUT2D eigenvalue weighted by Crippen LogP contribution is 2.38. The molecule has 1 amide bonds. The van der Waals surface area contributed by atoms with Crippen molar-refractivity contribution in [3.8, 4) is 0 Å². The van der Waals surface area contributed by atoms with Crippen LogP contribution >= 0.6 is 0 Å². The number of amides is 1. The predicted molar refractivity (Wildman–Crippen MR) is 114 cm³/mol. The van der Waals surface area contributed by atoms with Gasteiger partial charge in [-0.15, -0.1) is 0 Å². The summed E-state index contributed by atoms with van der Waals surface area (Å²) >= 11 is 0. The number of hydrogen-bond acceptors (Lipinski definition) is 4. The second-order valence-electron chi connectivity index (χ2n) is 6.98. The Morgan fingerprint density at radius 1 is 1.00 bits per heavy atom. The van der Waals surface area contributed by atoms with E-state index in [0.29, 0.717) is 0 Å². The molecule has 0 spiro atoms. The summed E-state index contributed by atoms with van der Waals surface area (Å²) < 4.78 is 0. The van der Waals surface area contributed by atoms with Crippen molar-refractivity contribution in [3.63, 3.8) is 0 Å². The molecule has 0 aliphatic carbocycles. The Hall–Kier alpha value is -3.99. The molecule has 2 aromatic carbocycles. The lowest BCUT2D eigenvalue weighted by atomic mass is 9.95. The van der Waals surface area contributed by atoms with Gasteiger partial charge in [-0.25, -0.2) is 0 Å². The molecule has 5 heteroatoms. The normalized spacial score (nSPS) is 16.5. The van der Waals surface area contributed by atoms with E-state index in [4.69, 9.17) is 0 Å². The molecule has 0 bridgehead atoms. The van der Waals surface area contributed by atoms with Crippen LogP contribution in [0.15, 0.2) is 103 Å². The molecule has 0 fully saturated rings. The standard InChI is InChI=1S/C25H20N2O3/c28-21(14-13-18-8-3-1-4-9-18)22-23(20-11-5-2-6-12-20)27(25(30)24(22)29)17-19-10-7-15-26-16-19/h1-16,23,29H,17H2/b14-13+. The number of hydrogen-bond donors (Lipinski definition) is 1. The zero-order chi connectivity index (χ0) is 20.9. The van der Waals surface area contributed by atoms with Crippen LogP contribution < -0.4 is 0 Å². The summed E-state index contributed by atoms with van der Waals surface area (Å²) in [4.78, 5) is 31.6. The van der Waals surface area contributed by atoms with Crippen LogP contribution in [0.2, 0.25) is 0 Å². The highest BCUT2D eigenvalue weighted by atomic mass is 16.3. The number of pyridine rings is 1. The monoisotopic (exact) mass is 396 g/mol. The molecule has 148 valence electrons. The lowest BCUT2D eigenvalue weighted by molar-refractivity contribution is -0.130. The first-order valence-corrected chi connectivity index (χ1v) is 9.60. The maximum atomic E-state index is 13.1. The molecule has 1 aliphatic rings. The first-order valence-electron chi connectivity index (χ1n) is 9.60. The van der Waals surface area contributed by atoms with Crippen molar-refractivity contribution in [3.05, 3.63) is 119 Å². The number of ketones is 1. The number of aromatic nitrogens is 1. The smallest absolute Gasteiger partial charge is 0.290 e. The van der Waals surface area contributed by atoms with Gasteiger partial charge in [-0.2, -0.15) is 0 Å². The Labute approximate surface area is 174 Å². The Kier molecular flexibility index (Phi) is 5.52. The van der Waals surface area contributed by atoms with E-state index in [1.165, 1.54) is 11.0 Å². The van der Waals surface area contributed by atoms with Gasteiger partial charge < -0.3 is 10.0 Å². The Morgan fingerprint density at radius 2 is 1.70 bits per heavy atom. The third kappa shape index (κ3) is 3.91. The minimum absolute atomic E-state index is 0.0854. The van der Waals surface area contributed by atoms with E-state index in [2.05, 4.69) is 4.98 Å². The first kappa shape index (κ1) is 19.3. The van der Waals surface area contributed by atoms with E-state index in [1.54, 1.807) is 24.5 Å². The van der Waals surface area contributed by atoms with Gasteiger partial charge in [0.1, 0.15) is 0 Å². The molecule has 2 heterocycles. The number of carbonyl (C=O) groups is 2. The van der Waals surface area contributed by atoms with Gasteiger partial charge in [-0.05, 0) is 28.8 Å².